The summed E-state index contributed by atoms with van der Waals surface area (Å²) in [6.07, 6.45) is -3.25. The lowest BCUT2D eigenvalue weighted by Gasteiger charge is -2.41. The molecule has 0 N–H and O–H groups in total. The molecule has 1 aliphatic carbocycles. The minimum atomic E-state index is -4.92. The average molecular weight is 389 g/mol. The van der Waals surface area contributed by atoms with E-state index in [1.54, 1.807) is 24.3 Å². The summed E-state index contributed by atoms with van der Waals surface area (Å²) < 4.78 is 48.0. The third kappa shape index (κ3) is 2.61. The molecule has 2 aromatic carbocycles. The van der Waals surface area contributed by atoms with Crippen molar-refractivity contribution in [2.24, 2.45) is 0 Å². The Morgan fingerprint density at radius 3 is 2.04 bits per heavy atom. The quantitative estimate of drug-likeness (QED) is 0.681. The molecule has 0 saturated heterocycles. The number of Topliss-reactive ketones (excluding diaryl/α,β-unsaturated/α-hetero) is 1. The van der Waals surface area contributed by atoms with E-state index in [4.69, 9.17) is 4.43 Å². The summed E-state index contributed by atoms with van der Waals surface area (Å²) in [6.45, 7) is 5.72. The Hall–Kier alpha value is -1.92. The number of hydrogen-bond donors (Lipinski definition) is 0. The fourth-order valence-corrected chi connectivity index (χ4v) is 4.56. The smallest absolute Gasteiger partial charge is 0.396 e. The standard InChI is InChI=1S/C21H20F3O2Si/c1-4-12-11-17-15-9-7-8-10-16(15)19(25)20(26-27,21(22,23)24)18(17)14(6-3)13(12)5-2/h7-11H,4-6H2,1-3H3. The van der Waals surface area contributed by atoms with Crippen molar-refractivity contribution in [3.8, 4) is 11.1 Å². The lowest BCUT2D eigenvalue weighted by atomic mass is 9.70. The van der Waals surface area contributed by atoms with Crippen LogP contribution in [0.25, 0.3) is 11.1 Å². The molecule has 0 bridgehead atoms. The number of halogens is 3. The predicted octanol–water partition coefficient (Wildman–Crippen LogP) is 5.09. The summed E-state index contributed by atoms with van der Waals surface area (Å²) in [5, 5.41) is 0. The van der Waals surface area contributed by atoms with Crippen molar-refractivity contribution in [3.63, 3.8) is 0 Å². The monoisotopic (exact) mass is 389 g/mol. The van der Waals surface area contributed by atoms with Gasteiger partial charge in [-0.3, -0.25) is 4.79 Å². The molecule has 6 heteroatoms. The van der Waals surface area contributed by atoms with Crippen LogP contribution in [-0.2, 0) is 29.3 Å². The van der Waals surface area contributed by atoms with Gasteiger partial charge in [-0.05, 0) is 47.1 Å². The SMILES string of the molecule is CCc1cc2c(c(CC)c1CC)C(O[Si])(C(F)(F)F)C(=O)c1ccccc1-2. The van der Waals surface area contributed by atoms with Crippen molar-refractivity contribution in [2.75, 3.05) is 0 Å². The van der Waals surface area contributed by atoms with Gasteiger partial charge in [0.2, 0.25) is 21.9 Å². The van der Waals surface area contributed by atoms with Crippen LogP contribution in [-0.4, -0.2) is 22.4 Å². The number of hydrogen-bond acceptors (Lipinski definition) is 2. The van der Waals surface area contributed by atoms with Gasteiger partial charge >= 0.3 is 6.18 Å². The minimum Gasteiger partial charge on any atom is -0.396 e. The molecule has 0 fully saturated rings. The number of carbonyl (C=O) groups is 1. The van der Waals surface area contributed by atoms with Gasteiger partial charge in [-0.1, -0.05) is 51.1 Å². The lowest BCUT2D eigenvalue weighted by Crippen LogP contribution is -2.53. The van der Waals surface area contributed by atoms with Crippen LogP contribution in [0.15, 0.2) is 30.3 Å². The maximum Gasteiger partial charge on any atom is 0.428 e. The number of fused-ring (bicyclic) bond motifs is 3. The first-order valence-corrected chi connectivity index (χ1v) is 9.42. The van der Waals surface area contributed by atoms with Crippen molar-refractivity contribution >= 4 is 16.3 Å². The Morgan fingerprint density at radius 1 is 0.963 bits per heavy atom. The van der Waals surface area contributed by atoms with E-state index in [0.29, 0.717) is 36.0 Å². The zero-order valence-electron chi connectivity index (χ0n) is 15.5. The number of ketones is 1. The summed E-state index contributed by atoms with van der Waals surface area (Å²) >= 11 is 0. The zero-order chi connectivity index (χ0) is 20.0. The molecule has 1 aliphatic rings. The summed E-state index contributed by atoms with van der Waals surface area (Å²) in [4.78, 5) is 13.1. The van der Waals surface area contributed by atoms with Crippen LogP contribution in [0.3, 0.4) is 0 Å². The number of rotatable bonds is 4. The van der Waals surface area contributed by atoms with Crippen LogP contribution in [0.2, 0.25) is 0 Å². The molecule has 1 unspecified atom stereocenters. The zero-order valence-corrected chi connectivity index (χ0v) is 16.5. The van der Waals surface area contributed by atoms with Crippen molar-refractivity contribution in [1.29, 1.82) is 0 Å². The molecule has 141 valence electrons. The Morgan fingerprint density at radius 2 is 1.56 bits per heavy atom. The van der Waals surface area contributed by atoms with Crippen LogP contribution in [0.4, 0.5) is 13.2 Å². The van der Waals surface area contributed by atoms with Gasteiger partial charge in [-0.25, -0.2) is 0 Å². The van der Waals surface area contributed by atoms with E-state index in [2.05, 4.69) is 10.5 Å². The topological polar surface area (TPSA) is 26.3 Å². The van der Waals surface area contributed by atoms with E-state index in [9.17, 15) is 18.0 Å². The average Bonchev–Trinajstić information content (AvgIpc) is 2.66. The molecule has 0 amide bonds. The highest BCUT2D eigenvalue weighted by Gasteiger charge is 2.65. The van der Waals surface area contributed by atoms with Gasteiger partial charge in [0, 0.05) is 11.1 Å². The highest BCUT2D eigenvalue weighted by atomic mass is 28.2. The van der Waals surface area contributed by atoms with E-state index in [1.165, 1.54) is 6.07 Å². The van der Waals surface area contributed by atoms with Crippen LogP contribution in [0.1, 0.15) is 53.4 Å². The van der Waals surface area contributed by atoms with Crippen LogP contribution in [0.5, 0.6) is 0 Å². The summed E-state index contributed by atoms with van der Waals surface area (Å²) in [5.41, 5.74) is 0.240. The van der Waals surface area contributed by atoms with Gasteiger partial charge in [0.15, 0.2) is 0 Å². The van der Waals surface area contributed by atoms with Gasteiger partial charge in [-0.2, -0.15) is 13.2 Å². The van der Waals surface area contributed by atoms with E-state index in [1.807, 2.05) is 20.8 Å². The fourth-order valence-electron chi connectivity index (χ4n) is 4.25. The molecule has 0 aliphatic heterocycles. The second kappa shape index (κ2) is 6.91. The second-order valence-corrected chi connectivity index (χ2v) is 6.84. The Labute approximate surface area is 160 Å². The van der Waals surface area contributed by atoms with Crippen molar-refractivity contribution < 1.29 is 22.4 Å². The Kier molecular flexibility index (Phi) is 5.07. The van der Waals surface area contributed by atoms with Crippen molar-refractivity contribution in [1.82, 2.24) is 0 Å². The van der Waals surface area contributed by atoms with Crippen molar-refractivity contribution in [2.45, 2.75) is 51.8 Å². The molecule has 0 spiro atoms. The summed E-state index contributed by atoms with van der Waals surface area (Å²) in [6, 6.07) is 8.22. The Balaban J connectivity index is 2.58. The molecule has 1 atom stereocenters. The van der Waals surface area contributed by atoms with Gasteiger partial charge in [0.1, 0.15) is 0 Å². The maximum absolute atomic E-state index is 14.4. The third-order valence-electron chi connectivity index (χ3n) is 5.42. The van der Waals surface area contributed by atoms with E-state index in [0.717, 1.165) is 11.1 Å². The normalized spacial score (nSPS) is 19.0. The van der Waals surface area contributed by atoms with Crippen LogP contribution < -0.4 is 0 Å². The molecule has 3 rings (SSSR count). The summed E-state index contributed by atoms with van der Waals surface area (Å²) in [5.74, 6) is -1.09. The molecule has 0 aromatic heterocycles. The molecule has 0 heterocycles. The van der Waals surface area contributed by atoms with E-state index in [-0.39, 0.29) is 11.1 Å². The predicted molar refractivity (Wildman–Crippen MR) is 98.9 cm³/mol. The third-order valence-corrected chi connectivity index (χ3v) is 5.72. The molecule has 0 saturated carbocycles. The van der Waals surface area contributed by atoms with Crippen LogP contribution in [0, 0.1) is 0 Å². The van der Waals surface area contributed by atoms with Gasteiger partial charge in [0.05, 0.1) is 0 Å². The maximum atomic E-state index is 14.4. The minimum absolute atomic E-state index is 0.0222. The molecule has 27 heavy (non-hydrogen) atoms. The molecular weight excluding hydrogens is 369 g/mol. The fraction of sp³-hybridized carbons (Fsp3) is 0.381. The van der Waals surface area contributed by atoms with Gasteiger partial charge in [0.25, 0.3) is 0 Å². The number of benzene rings is 2. The van der Waals surface area contributed by atoms with E-state index < -0.39 is 17.6 Å². The van der Waals surface area contributed by atoms with E-state index >= 15 is 0 Å². The molecule has 2 nitrogen and oxygen atoms in total. The lowest BCUT2D eigenvalue weighted by molar-refractivity contribution is -0.231. The first-order valence-electron chi connectivity index (χ1n) is 9.02. The second-order valence-electron chi connectivity index (χ2n) is 6.63. The molecular formula is C21H20F3O2Si. The molecule has 2 aromatic rings. The largest absolute Gasteiger partial charge is 0.428 e. The number of aryl methyl sites for hydroxylation is 1. The first-order chi connectivity index (χ1) is 12.8. The Bertz CT molecular complexity index is 905. The number of carbonyl (C=O) groups excluding carboxylic acids is 1. The summed E-state index contributed by atoms with van der Waals surface area (Å²) in [7, 11) is 2.63. The molecule has 3 radical (unpaired) electrons. The van der Waals surface area contributed by atoms with Crippen molar-refractivity contribution in [3.05, 3.63) is 58.1 Å². The first kappa shape index (κ1) is 19.8. The van der Waals surface area contributed by atoms with Gasteiger partial charge in [-0.15, -0.1) is 0 Å². The van der Waals surface area contributed by atoms with Crippen LogP contribution >= 0.6 is 0 Å². The highest BCUT2D eigenvalue weighted by molar-refractivity contribution is 6.15. The van der Waals surface area contributed by atoms with Gasteiger partial charge < -0.3 is 4.43 Å². The highest BCUT2D eigenvalue weighted by Crippen LogP contribution is 2.54. The number of alkyl halides is 3.